The van der Waals surface area contributed by atoms with Crippen molar-refractivity contribution in [2.24, 2.45) is 17.6 Å². The van der Waals surface area contributed by atoms with Crippen molar-refractivity contribution in [3.63, 3.8) is 0 Å². The molecule has 20 heavy (non-hydrogen) atoms. The van der Waals surface area contributed by atoms with Gasteiger partial charge in [-0.25, -0.2) is 0 Å². The maximum atomic E-state index is 11.6. The third-order valence-corrected chi connectivity index (χ3v) is 5.75. The molecule has 4 nitrogen and oxygen atoms in total. The summed E-state index contributed by atoms with van der Waals surface area (Å²) in [6.07, 6.45) is 7.78. The second-order valence-electron chi connectivity index (χ2n) is 7.09. The summed E-state index contributed by atoms with van der Waals surface area (Å²) in [4.78, 5) is 14.2. The molecule has 2 fully saturated rings. The van der Waals surface area contributed by atoms with E-state index in [1.165, 1.54) is 45.2 Å². The normalized spacial score (nSPS) is 32.1. The Morgan fingerprint density at radius 2 is 2.00 bits per heavy atom. The highest BCUT2D eigenvalue weighted by atomic mass is 16.1. The maximum absolute atomic E-state index is 11.6. The van der Waals surface area contributed by atoms with Gasteiger partial charge in [0.1, 0.15) is 0 Å². The first-order valence-corrected chi connectivity index (χ1v) is 8.19. The Kier molecular flexibility index (Phi) is 5.08. The molecule has 1 saturated heterocycles. The lowest BCUT2D eigenvalue weighted by Gasteiger charge is -2.45. The molecule has 1 saturated carbocycles. The predicted molar refractivity (Wildman–Crippen MR) is 82.4 cm³/mol. The topological polar surface area (TPSA) is 58.4 Å². The molecule has 0 aromatic rings. The molecule has 4 unspecified atom stereocenters. The fourth-order valence-electron chi connectivity index (χ4n) is 4.08. The molecule has 1 aliphatic carbocycles. The number of nitrogens with zero attached hydrogens (tertiary/aromatic N) is 1. The summed E-state index contributed by atoms with van der Waals surface area (Å²) in [6.45, 7) is 6.55. The second-order valence-corrected chi connectivity index (χ2v) is 7.09. The Bertz CT molecular complexity index is 347. The number of carbonyl (C=O) groups is 1. The number of likely N-dealkylation sites (N-methyl/N-ethyl adjacent to an activating group) is 1. The molecule has 0 spiro atoms. The van der Waals surface area contributed by atoms with Gasteiger partial charge in [-0.1, -0.05) is 19.3 Å². The number of amides is 1. The minimum Gasteiger partial charge on any atom is -0.368 e. The Morgan fingerprint density at radius 1 is 1.35 bits per heavy atom. The molecular formula is C16H31N3O. The van der Waals surface area contributed by atoms with Crippen LogP contribution in [0.4, 0.5) is 0 Å². The van der Waals surface area contributed by atoms with Crippen LogP contribution in [0, 0.1) is 11.8 Å². The van der Waals surface area contributed by atoms with E-state index in [0.29, 0.717) is 6.04 Å². The molecule has 1 amide bonds. The third kappa shape index (κ3) is 3.34. The fraction of sp³-hybridized carbons (Fsp3) is 0.938. The van der Waals surface area contributed by atoms with Gasteiger partial charge in [-0.15, -0.1) is 0 Å². The standard InChI is InChI=1S/C16H31N3O/c1-12(10-16(2,18-3)15(17)20)19-9-8-13-6-4-5-7-14(13)11-19/h12-14,18H,4-11H2,1-3H3,(H2,17,20). The van der Waals surface area contributed by atoms with Crippen LogP contribution in [0.3, 0.4) is 0 Å². The van der Waals surface area contributed by atoms with Gasteiger partial charge < -0.3 is 16.0 Å². The zero-order valence-corrected chi connectivity index (χ0v) is 13.3. The van der Waals surface area contributed by atoms with Crippen LogP contribution in [-0.2, 0) is 4.79 Å². The Balaban J connectivity index is 1.92. The zero-order valence-electron chi connectivity index (χ0n) is 13.3. The van der Waals surface area contributed by atoms with Crippen LogP contribution in [0.2, 0.25) is 0 Å². The predicted octanol–water partition coefficient (Wildman–Crippen LogP) is 1.74. The van der Waals surface area contributed by atoms with E-state index >= 15 is 0 Å². The molecular weight excluding hydrogens is 250 g/mol. The second kappa shape index (κ2) is 6.44. The minimum absolute atomic E-state index is 0.251. The summed E-state index contributed by atoms with van der Waals surface area (Å²) < 4.78 is 0. The summed E-state index contributed by atoms with van der Waals surface area (Å²) in [6, 6.07) is 0.405. The summed E-state index contributed by atoms with van der Waals surface area (Å²) in [7, 11) is 1.82. The highest BCUT2D eigenvalue weighted by molar-refractivity contribution is 5.84. The van der Waals surface area contributed by atoms with Crippen molar-refractivity contribution >= 4 is 5.91 Å². The van der Waals surface area contributed by atoms with Gasteiger partial charge in [0.2, 0.25) is 5.91 Å². The van der Waals surface area contributed by atoms with Crippen LogP contribution in [0.1, 0.15) is 52.4 Å². The molecule has 116 valence electrons. The van der Waals surface area contributed by atoms with E-state index in [1.807, 2.05) is 14.0 Å². The Morgan fingerprint density at radius 3 is 2.60 bits per heavy atom. The molecule has 2 aliphatic rings. The molecule has 0 aromatic carbocycles. The van der Waals surface area contributed by atoms with Crippen molar-refractivity contribution in [2.75, 3.05) is 20.1 Å². The van der Waals surface area contributed by atoms with Gasteiger partial charge in [0, 0.05) is 12.6 Å². The number of hydrogen-bond donors (Lipinski definition) is 2. The van der Waals surface area contributed by atoms with E-state index < -0.39 is 5.54 Å². The number of hydrogen-bond acceptors (Lipinski definition) is 3. The molecule has 0 bridgehead atoms. The van der Waals surface area contributed by atoms with Crippen molar-refractivity contribution in [1.29, 1.82) is 0 Å². The lowest BCUT2D eigenvalue weighted by atomic mass is 9.74. The summed E-state index contributed by atoms with van der Waals surface area (Å²) in [5.74, 6) is 1.59. The third-order valence-electron chi connectivity index (χ3n) is 5.75. The number of nitrogens with two attached hydrogens (primary N) is 1. The first kappa shape index (κ1) is 15.8. The molecule has 0 radical (unpaired) electrons. The summed E-state index contributed by atoms with van der Waals surface area (Å²) in [5.41, 5.74) is 4.95. The van der Waals surface area contributed by atoms with Crippen LogP contribution < -0.4 is 11.1 Å². The van der Waals surface area contributed by atoms with Gasteiger partial charge in [-0.2, -0.15) is 0 Å². The van der Waals surface area contributed by atoms with E-state index in [4.69, 9.17) is 5.73 Å². The van der Waals surface area contributed by atoms with Crippen molar-refractivity contribution in [3.05, 3.63) is 0 Å². The number of fused-ring (bicyclic) bond motifs is 1. The highest BCUT2D eigenvalue weighted by Crippen LogP contribution is 2.37. The van der Waals surface area contributed by atoms with E-state index in [1.54, 1.807) is 0 Å². The number of piperidine rings is 1. The van der Waals surface area contributed by atoms with Crippen LogP contribution in [0.5, 0.6) is 0 Å². The van der Waals surface area contributed by atoms with Gasteiger partial charge in [-0.3, -0.25) is 4.79 Å². The average Bonchev–Trinajstić information content (AvgIpc) is 2.46. The molecule has 0 aromatic heterocycles. The molecule has 2 rings (SSSR count). The van der Waals surface area contributed by atoms with Crippen LogP contribution in [-0.4, -0.2) is 42.5 Å². The van der Waals surface area contributed by atoms with Crippen LogP contribution in [0.15, 0.2) is 0 Å². The molecule has 4 atom stereocenters. The van der Waals surface area contributed by atoms with Gasteiger partial charge in [0.25, 0.3) is 0 Å². The fourth-order valence-corrected chi connectivity index (χ4v) is 4.08. The quantitative estimate of drug-likeness (QED) is 0.807. The monoisotopic (exact) mass is 281 g/mol. The number of nitrogens with one attached hydrogen (secondary N) is 1. The first-order valence-electron chi connectivity index (χ1n) is 8.19. The number of rotatable bonds is 5. The largest absolute Gasteiger partial charge is 0.368 e. The summed E-state index contributed by atoms with van der Waals surface area (Å²) >= 11 is 0. The Hall–Kier alpha value is -0.610. The number of likely N-dealkylation sites (tertiary alicyclic amines) is 1. The molecule has 3 N–H and O–H groups in total. The van der Waals surface area contributed by atoms with Gasteiger partial charge in [0.15, 0.2) is 0 Å². The van der Waals surface area contributed by atoms with Crippen molar-refractivity contribution in [1.82, 2.24) is 10.2 Å². The van der Waals surface area contributed by atoms with E-state index in [2.05, 4.69) is 17.1 Å². The van der Waals surface area contributed by atoms with E-state index in [9.17, 15) is 4.79 Å². The summed E-state index contributed by atoms with van der Waals surface area (Å²) in [5, 5.41) is 3.10. The highest BCUT2D eigenvalue weighted by Gasteiger charge is 2.36. The van der Waals surface area contributed by atoms with Crippen molar-refractivity contribution in [2.45, 2.75) is 64.0 Å². The number of primary amides is 1. The van der Waals surface area contributed by atoms with E-state index in [0.717, 1.165) is 18.3 Å². The smallest absolute Gasteiger partial charge is 0.237 e. The van der Waals surface area contributed by atoms with Crippen LogP contribution >= 0.6 is 0 Å². The van der Waals surface area contributed by atoms with E-state index in [-0.39, 0.29) is 5.91 Å². The molecule has 1 aliphatic heterocycles. The lowest BCUT2D eigenvalue weighted by molar-refractivity contribution is -0.124. The molecule has 4 heteroatoms. The first-order chi connectivity index (χ1) is 9.46. The van der Waals surface area contributed by atoms with Gasteiger partial charge >= 0.3 is 0 Å². The van der Waals surface area contributed by atoms with Crippen molar-refractivity contribution < 1.29 is 4.79 Å². The van der Waals surface area contributed by atoms with Crippen molar-refractivity contribution in [3.8, 4) is 0 Å². The Labute approximate surface area is 123 Å². The maximum Gasteiger partial charge on any atom is 0.237 e. The average molecular weight is 281 g/mol. The SMILES string of the molecule is CNC(C)(CC(C)N1CCC2CCCCC2C1)C(N)=O. The van der Waals surface area contributed by atoms with Crippen LogP contribution in [0.25, 0.3) is 0 Å². The molecule has 1 heterocycles. The zero-order chi connectivity index (χ0) is 14.8. The lowest BCUT2D eigenvalue weighted by Crippen LogP contribution is -2.56. The van der Waals surface area contributed by atoms with Gasteiger partial charge in [-0.05, 0) is 58.5 Å². The van der Waals surface area contributed by atoms with Gasteiger partial charge in [0.05, 0.1) is 5.54 Å². The number of carbonyl (C=O) groups excluding carboxylic acids is 1. The minimum atomic E-state index is -0.594.